The van der Waals surface area contributed by atoms with Crippen molar-refractivity contribution >= 4 is 34.9 Å². The van der Waals surface area contributed by atoms with Crippen LogP contribution in [0.3, 0.4) is 0 Å². The maximum Gasteiger partial charge on any atom is 0.225 e. The zero-order chi connectivity index (χ0) is 20.5. The lowest BCUT2D eigenvalue weighted by Crippen LogP contribution is -2.32. The number of anilines is 2. The molecule has 0 fully saturated rings. The van der Waals surface area contributed by atoms with Crippen molar-refractivity contribution in [2.45, 2.75) is 33.4 Å². The maximum absolute atomic E-state index is 4.93. The monoisotopic (exact) mass is 430 g/mol. The fourth-order valence-corrected chi connectivity index (χ4v) is 4.30. The van der Waals surface area contributed by atoms with Gasteiger partial charge in [0.05, 0.1) is 0 Å². The van der Waals surface area contributed by atoms with Gasteiger partial charge in [-0.2, -0.15) is 4.98 Å². The maximum atomic E-state index is 4.93. The molecule has 1 aromatic heterocycles. The molecule has 158 valence electrons. The van der Waals surface area contributed by atoms with E-state index in [2.05, 4.69) is 90.8 Å². The van der Waals surface area contributed by atoms with Gasteiger partial charge in [-0.1, -0.05) is 66.7 Å². The number of nitrogens with zero attached hydrogens (tertiary/aromatic N) is 3. The van der Waals surface area contributed by atoms with E-state index in [0.29, 0.717) is 12.5 Å². The van der Waals surface area contributed by atoms with Gasteiger partial charge in [-0.05, 0) is 47.7 Å². The van der Waals surface area contributed by atoms with Crippen molar-refractivity contribution in [2.24, 2.45) is 0 Å². The Morgan fingerprint density at radius 1 is 0.871 bits per heavy atom. The van der Waals surface area contributed by atoms with Crippen LogP contribution in [0.5, 0.6) is 0 Å². The Kier molecular flexibility index (Phi) is 6.10. The van der Waals surface area contributed by atoms with Crippen LogP contribution >= 0.6 is 12.4 Å². The number of hydrogen-bond acceptors (Lipinski definition) is 4. The number of fused-ring (bicyclic) bond motifs is 2. The molecule has 0 unspecified atom stereocenters. The summed E-state index contributed by atoms with van der Waals surface area (Å²) in [6.07, 6.45) is 1.05. The molecule has 5 rings (SSSR count). The second-order valence-corrected chi connectivity index (χ2v) is 8.01. The van der Waals surface area contributed by atoms with Gasteiger partial charge in [0.2, 0.25) is 5.95 Å². The van der Waals surface area contributed by atoms with Gasteiger partial charge >= 0.3 is 0 Å². The van der Waals surface area contributed by atoms with Crippen LogP contribution in [0.25, 0.3) is 10.8 Å². The number of benzene rings is 3. The van der Waals surface area contributed by atoms with Crippen molar-refractivity contribution in [3.63, 3.8) is 0 Å². The molecule has 31 heavy (non-hydrogen) atoms. The third kappa shape index (κ3) is 4.21. The summed E-state index contributed by atoms with van der Waals surface area (Å²) in [5.41, 5.74) is 6.28. The summed E-state index contributed by atoms with van der Waals surface area (Å²) < 4.78 is 0. The molecular weight excluding hydrogens is 404 g/mol. The highest BCUT2D eigenvalue weighted by Gasteiger charge is 2.20. The molecule has 5 heteroatoms. The molecule has 0 bridgehead atoms. The van der Waals surface area contributed by atoms with Crippen LogP contribution < -0.4 is 10.2 Å². The van der Waals surface area contributed by atoms with Crippen LogP contribution in [0.1, 0.15) is 27.9 Å². The Balaban J connectivity index is 0.00000231. The highest BCUT2D eigenvalue weighted by Crippen LogP contribution is 2.28. The van der Waals surface area contributed by atoms with E-state index in [1.807, 2.05) is 0 Å². The minimum absolute atomic E-state index is 0. The predicted octanol–water partition coefficient (Wildman–Crippen LogP) is 5.84. The quantitative estimate of drug-likeness (QED) is 0.441. The number of nitrogens with one attached hydrogen (secondary N) is 1. The summed E-state index contributed by atoms with van der Waals surface area (Å²) in [5.74, 6) is 1.73. The predicted molar refractivity (Wildman–Crippen MR) is 131 cm³/mol. The Hall–Kier alpha value is -3.11. The average Bonchev–Trinajstić information content (AvgIpc) is 2.79. The minimum atomic E-state index is 0. The first-order valence-corrected chi connectivity index (χ1v) is 10.6. The smallest absolute Gasteiger partial charge is 0.225 e. The molecule has 0 spiro atoms. The molecule has 4 nitrogen and oxygen atoms in total. The second-order valence-electron chi connectivity index (χ2n) is 8.01. The minimum Gasteiger partial charge on any atom is -0.352 e. The number of rotatable bonds is 4. The number of aryl methyl sites for hydroxylation is 1. The molecule has 2 heterocycles. The molecule has 3 aromatic carbocycles. The van der Waals surface area contributed by atoms with E-state index in [0.717, 1.165) is 36.6 Å². The molecule has 1 aliphatic heterocycles. The summed E-state index contributed by atoms with van der Waals surface area (Å²) in [7, 11) is 0. The standard InChI is InChI=1S/C26H26N4.ClH/c1-18-19(2)28-26(27-16-22-12-7-11-21-9-5-6-13-24(21)22)29-25(18)30-15-14-20-8-3-4-10-23(20)17-30;/h3-13H,14-17H2,1-2H3,(H,27,28,29);1H. The van der Waals surface area contributed by atoms with Crippen LogP contribution in [0.2, 0.25) is 0 Å². The van der Waals surface area contributed by atoms with E-state index in [-0.39, 0.29) is 12.4 Å². The van der Waals surface area contributed by atoms with Crippen LogP contribution in [-0.2, 0) is 19.5 Å². The van der Waals surface area contributed by atoms with Crippen molar-refractivity contribution in [1.29, 1.82) is 0 Å². The van der Waals surface area contributed by atoms with Gasteiger partial charge in [0, 0.05) is 30.9 Å². The van der Waals surface area contributed by atoms with Crippen molar-refractivity contribution in [1.82, 2.24) is 9.97 Å². The van der Waals surface area contributed by atoms with E-state index in [9.17, 15) is 0 Å². The Morgan fingerprint density at radius 3 is 2.48 bits per heavy atom. The molecule has 4 aromatic rings. The number of aromatic nitrogens is 2. The summed E-state index contributed by atoms with van der Waals surface area (Å²) in [6.45, 7) is 6.78. The van der Waals surface area contributed by atoms with Crippen LogP contribution in [0, 0.1) is 13.8 Å². The van der Waals surface area contributed by atoms with Gasteiger partial charge in [0.25, 0.3) is 0 Å². The third-order valence-corrected chi connectivity index (χ3v) is 6.11. The normalized spacial score (nSPS) is 12.9. The first-order chi connectivity index (χ1) is 14.7. The van der Waals surface area contributed by atoms with Crippen molar-refractivity contribution in [3.05, 3.63) is 94.7 Å². The van der Waals surface area contributed by atoms with Gasteiger partial charge in [-0.25, -0.2) is 4.98 Å². The fourth-order valence-electron chi connectivity index (χ4n) is 4.30. The van der Waals surface area contributed by atoms with Gasteiger partial charge in [0.1, 0.15) is 5.82 Å². The van der Waals surface area contributed by atoms with Crippen LogP contribution in [-0.4, -0.2) is 16.5 Å². The van der Waals surface area contributed by atoms with Crippen molar-refractivity contribution < 1.29 is 0 Å². The van der Waals surface area contributed by atoms with Gasteiger partial charge in [0.15, 0.2) is 0 Å². The van der Waals surface area contributed by atoms with Gasteiger partial charge in [-0.3, -0.25) is 0 Å². The lowest BCUT2D eigenvalue weighted by molar-refractivity contribution is 0.715. The first-order valence-electron chi connectivity index (χ1n) is 10.6. The average molecular weight is 431 g/mol. The highest BCUT2D eigenvalue weighted by molar-refractivity contribution is 5.86. The summed E-state index contributed by atoms with van der Waals surface area (Å²) in [4.78, 5) is 12.0. The van der Waals surface area contributed by atoms with Crippen LogP contribution in [0.4, 0.5) is 11.8 Å². The third-order valence-electron chi connectivity index (χ3n) is 6.11. The molecule has 1 N–H and O–H groups in total. The Labute approximate surface area is 189 Å². The lowest BCUT2D eigenvalue weighted by atomic mass is 9.99. The first kappa shape index (κ1) is 21.1. The van der Waals surface area contributed by atoms with Gasteiger partial charge < -0.3 is 10.2 Å². The van der Waals surface area contributed by atoms with E-state index in [1.54, 1.807) is 0 Å². The number of halogens is 1. The van der Waals surface area contributed by atoms with E-state index >= 15 is 0 Å². The number of hydrogen-bond donors (Lipinski definition) is 1. The molecule has 0 amide bonds. The van der Waals surface area contributed by atoms with E-state index < -0.39 is 0 Å². The molecular formula is C26H27ClN4. The van der Waals surface area contributed by atoms with Gasteiger partial charge in [-0.15, -0.1) is 12.4 Å². The zero-order valence-corrected chi connectivity index (χ0v) is 18.7. The Morgan fingerprint density at radius 2 is 1.61 bits per heavy atom. The van der Waals surface area contributed by atoms with Crippen molar-refractivity contribution in [2.75, 3.05) is 16.8 Å². The molecule has 1 aliphatic rings. The van der Waals surface area contributed by atoms with Crippen molar-refractivity contribution in [3.8, 4) is 0 Å². The lowest BCUT2D eigenvalue weighted by Gasteiger charge is -2.31. The van der Waals surface area contributed by atoms with E-state index in [4.69, 9.17) is 9.97 Å². The molecule has 0 atom stereocenters. The highest BCUT2D eigenvalue weighted by atomic mass is 35.5. The largest absolute Gasteiger partial charge is 0.352 e. The Bertz CT molecular complexity index is 1220. The fraction of sp³-hybridized carbons (Fsp3) is 0.231. The summed E-state index contributed by atoms with van der Waals surface area (Å²) >= 11 is 0. The SMILES string of the molecule is Cc1nc(NCc2cccc3ccccc23)nc(N2CCc3ccccc3C2)c1C.Cl. The molecule has 0 radical (unpaired) electrons. The zero-order valence-electron chi connectivity index (χ0n) is 17.9. The molecule has 0 saturated carbocycles. The van der Waals surface area contributed by atoms with Crippen LogP contribution in [0.15, 0.2) is 66.7 Å². The van der Waals surface area contributed by atoms with E-state index in [1.165, 1.54) is 27.5 Å². The topological polar surface area (TPSA) is 41.1 Å². The second kappa shape index (κ2) is 8.94. The summed E-state index contributed by atoms with van der Waals surface area (Å²) in [5, 5.41) is 5.99. The molecule has 0 aliphatic carbocycles. The summed E-state index contributed by atoms with van der Waals surface area (Å²) in [6, 6.07) is 23.6. The molecule has 0 saturated heterocycles.